The number of amides is 2. The Morgan fingerprint density at radius 3 is 2.18 bits per heavy atom. The van der Waals surface area contributed by atoms with Crippen molar-refractivity contribution in [2.24, 2.45) is 23.2 Å². The first-order valence-electron chi connectivity index (χ1n) is 10.8. The monoisotopic (exact) mass is 400 g/mol. The first-order valence-corrected chi connectivity index (χ1v) is 11.8. The molecule has 2 N–H and O–H groups in total. The van der Waals surface area contributed by atoms with Gasteiger partial charge in [0, 0.05) is 35.6 Å². The highest BCUT2D eigenvalue weighted by molar-refractivity contribution is 7.99. The van der Waals surface area contributed by atoms with E-state index in [1.165, 1.54) is 29.7 Å². The molecule has 4 bridgehead atoms. The van der Waals surface area contributed by atoms with Crippen LogP contribution in [0.1, 0.15) is 50.5 Å². The zero-order valence-corrected chi connectivity index (χ0v) is 17.7. The SMILES string of the molecule is Cc1ccc(SCCNC(=O)CCNC(=O)C23CC4CC(CC(C4)C2)C3)cc1. The fourth-order valence-corrected chi connectivity index (χ4v) is 6.72. The number of carbonyl (C=O) groups excluding carboxylic acids is 2. The summed E-state index contributed by atoms with van der Waals surface area (Å²) in [7, 11) is 0. The number of hydrogen-bond donors (Lipinski definition) is 2. The van der Waals surface area contributed by atoms with Gasteiger partial charge in [-0.25, -0.2) is 0 Å². The zero-order valence-electron chi connectivity index (χ0n) is 16.8. The van der Waals surface area contributed by atoms with Crippen LogP contribution < -0.4 is 10.6 Å². The summed E-state index contributed by atoms with van der Waals surface area (Å²) < 4.78 is 0. The van der Waals surface area contributed by atoms with Gasteiger partial charge in [0.05, 0.1) is 0 Å². The molecule has 1 aromatic carbocycles. The summed E-state index contributed by atoms with van der Waals surface area (Å²) in [5.41, 5.74) is 1.14. The lowest BCUT2D eigenvalue weighted by atomic mass is 9.49. The van der Waals surface area contributed by atoms with Gasteiger partial charge < -0.3 is 10.6 Å². The van der Waals surface area contributed by atoms with Crippen molar-refractivity contribution in [1.29, 1.82) is 0 Å². The maximum atomic E-state index is 12.9. The minimum atomic E-state index is -0.115. The van der Waals surface area contributed by atoms with Crippen molar-refractivity contribution in [2.75, 3.05) is 18.8 Å². The van der Waals surface area contributed by atoms with Crippen LogP contribution in [0, 0.1) is 30.1 Å². The Hall–Kier alpha value is -1.49. The number of nitrogens with one attached hydrogen (secondary N) is 2. The van der Waals surface area contributed by atoms with Crippen molar-refractivity contribution in [1.82, 2.24) is 10.6 Å². The molecule has 28 heavy (non-hydrogen) atoms. The maximum Gasteiger partial charge on any atom is 0.226 e. The van der Waals surface area contributed by atoms with E-state index in [9.17, 15) is 9.59 Å². The Balaban J connectivity index is 1.13. The molecule has 4 fully saturated rings. The summed E-state index contributed by atoms with van der Waals surface area (Å²) in [5, 5.41) is 6.05. The first-order chi connectivity index (χ1) is 13.5. The van der Waals surface area contributed by atoms with E-state index in [2.05, 4.69) is 41.8 Å². The Bertz CT molecular complexity index is 681. The van der Waals surface area contributed by atoms with E-state index in [4.69, 9.17) is 0 Å². The van der Waals surface area contributed by atoms with Gasteiger partial charge in [-0.05, 0) is 75.3 Å². The molecule has 0 unspecified atom stereocenters. The summed E-state index contributed by atoms with van der Waals surface area (Å²) in [6.45, 7) is 3.19. The van der Waals surface area contributed by atoms with Gasteiger partial charge in [-0.15, -0.1) is 11.8 Å². The zero-order chi connectivity index (χ0) is 19.6. The minimum absolute atomic E-state index is 0.0234. The molecule has 2 amide bonds. The number of carbonyl (C=O) groups is 2. The molecule has 5 rings (SSSR count). The van der Waals surface area contributed by atoms with E-state index in [1.54, 1.807) is 11.8 Å². The Kier molecular flexibility index (Phi) is 6.00. The fraction of sp³-hybridized carbons (Fsp3) is 0.652. The molecule has 152 valence electrons. The summed E-state index contributed by atoms with van der Waals surface area (Å²) >= 11 is 1.75. The predicted molar refractivity (Wildman–Crippen MR) is 113 cm³/mol. The summed E-state index contributed by atoms with van der Waals surface area (Å²) in [4.78, 5) is 26.2. The fourth-order valence-electron chi connectivity index (χ4n) is 5.95. The molecule has 4 saturated carbocycles. The number of rotatable bonds is 8. The van der Waals surface area contributed by atoms with Gasteiger partial charge in [-0.2, -0.15) is 0 Å². The van der Waals surface area contributed by atoms with Crippen molar-refractivity contribution in [2.45, 2.75) is 56.8 Å². The first kappa shape index (κ1) is 19.8. The molecule has 1 aromatic rings. The van der Waals surface area contributed by atoms with Gasteiger partial charge in [0.25, 0.3) is 0 Å². The van der Waals surface area contributed by atoms with Crippen LogP contribution in [0.3, 0.4) is 0 Å². The van der Waals surface area contributed by atoms with E-state index < -0.39 is 0 Å². The third-order valence-corrected chi connectivity index (χ3v) is 7.89. The van der Waals surface area contributed by atoms with Crippen LogP contribution in [0.5, 0.6) is 0 Å². The van der Waals surface area contributed by atoms with E-state index in [0.29, 0.717) is 19.5 Å². The van der Waals surface area contributed by atoms with Crippen LogP contribution in [-0.2, 0) is 9.59 Å². The average Bonchev–Trinajstić information content (AvgIpc) is 2.65. The Morgan fingerprint density at radius 2 is 1.57 bits per heavy atom. The molecular formula is C23H32N2O2S. The highest BCUT2D eigenvalue weighted by atomic mass is 32.2. The topological polar surface area (TPSA) is 58.2 Å². The smallest absolute Gasteiger partial charge is 0.226 e. The summed E-state index contributed by atoms with van der Waals surface area (Å²) in [6, 6.07) is 8.43. The van der Waals surface area contributed by atoms with Crippen molar-refractivity contribution >= 4 is 23.6 Å². The number of hydrogen-bond acceptors (Lipinski definition) is 3. The lowest BCUT2D eigenvalue weighted by Crippen LogP contribution is -2.53. The molecule has 0 saturated heterocycles. The molecule has 5 heteroatoms. The third kappa shape index (κ3) is 4.56. The van der Waals surface area contributed by atoms with Gasteiger partial charge in [0.1, 0.15) is 0 Å². The van der Waals surface area contributed by atoms with Gasteiger partial charge in [-0.1, -0.05) is 17.7 Å². The average molecular weight is 401 g/mol. The van der Waals surface area contributed by atoms with Gasteiger partial charge in [0.15, 0.2) is 0 Å². The van der Waals surface area contributed by atoms with E-state index in [1.807, 2.05) is 0 Å². The standard InChI is InChI=1S/C23H32N2O2S/c1-16-2-4-20(5-3-16)28-9-8-24-21(26)6-7-25-22(27)23-13-17-10-18(14-23)12-19(11-17)15-23/h2-5,17-19H,6-15H2,1H3,(H,24,26)(H,25,27). The van der Waals surface area contributed by atoms with Crippen LogP contribution in [-0.4, -0.2) is 30.7 Å². The van der Waals surface area contributed by atoms with E-state index in [0.717, 1.165) is 42.8 Å². The normalized spacial score (nSPS) is 30.2. The molecule has 0 radical (unpaired) electrons. The van der Waals surface area contributed by atoms with Crippen LogP contribution in [0.15, 0.2) is 29.2 Å². The lowest BCUT2D eigenvalue weighted by Gasteiger charge is -2.55. The lowest BCUT2D eigenvalue weighted by molar-refractivity contribution is -0.146. The highest BCUT2D eigenvalue weighted by Crippen LogP contribution is 2.60. The van der Waals surface area contributed by atoms with Crippen molar-refractivity contribution in [3.63, 3.8) is 0 Å². The summed E-state index contributed by atoms with van der Waals surface area (Å²) in [6.07, 6.45) is 7.63. The molecule has 0 aliphatic heterocycles. The van der Waals surface area contributed by atoms with Crippen molar-refractivity contribution < 1.29 is 9.59 Å². The van der Waals surface area contributed by atoms with Crippen LogP contribution in [0.25, 0.3) is 0 Å². The third-order valence-electron chi connectivity index (χ3n) is 6.87. The molecule has 0 heterocycles. The Morgan fingerprint density at radius 1 is 0.964 bits per heavy atom. The molecule has 4 aliphatic carbocycles. The molecule has 0 aromatic heterocycles. The van der Waals surface area contributed by atoms with Crippen molar-refractivity contribution in [3.8, 4) is 0 Å². The predicted octanol–water partition coefficient (Wildman–Crippen LogP) is 3.93. The molecule has 4 nitrogen and oxygen atoms in total. The van der Waals surface area contributed by atoms with E-state index in [-0.39, 0.29) is 17.2 Å². The maximum absolute atomic E-state index is 12.9. The number of benzene rings is 1. The second kappa shape index (κ2) is 8.48. The second-order valence-electron chi connectivity index (χ2n) is 9.22. The largest absolute Gasteiger partial charge is 0.355 e. The Labute approximate surface area is 172 Å². The highest BCUT2D eigenvalue weighted by Gasteiger charge is 2.54. The second-order valence-corrected chi connectivity index (χ2v) is 10.4. The summed E-state index contributed by atoms with van der Waals surface area (Å²) in [5.74, 6) is 3.41. The van der Waals surface area contributed by atoms with Gasteiger partial charge >= 0.3 is 0 Å². The van der Waals surface area contributed by atoms with Crippen LogP contribution >= 0.6 is 11.8 Å². The van der Waals surface area contributed by atoms with Crippen LogP contribution in [0.4, 0.5) is 0 Å². The van der Waals surface area contributed by atoms with E-state index >= 15 is 0 Å². The van der Waals surface area contributed by atoms with Gasteiger partial charge in [0.2, 0.25) is 11.8 Å². The molecule has 0 atom stereocenters. The number of aryl methyl sites for hydroxylation is 1. The van der Waals surface area contributed by atoms with Gasteiger partial charge in [-0.3, -0.25) is 9.59 Å². The van der Waals surface area contributed by atoms with Crippen molar-refractivity contribution in [3.05, 3.63) is 29.8 Å². The van der Waals surface area contributed by atoms with Crippen LogP contribution in [0.2, 0.25) is 0 Å². The number of thioether (sulfide) groups is 1. The quantitative estimate of drug-likeness (QED) is 0.513. The molecular weight excluding hydrogens is 368 g/mol. The molecule has 4 aliphatic rings. The molecule has 0 spiro atoms. The minimum Gasteiger partial charge on any atom is -0.355 e.